The van der Waals surface area contributed by atoms with E-state index in [0.29, 0.717) is 21.5 Å². The summed E-state index contributed by atoms with van der Waals surface area (Å²) in [4.78, 5) is 24.6. The highest BCUT2D eigenvalue weighted by Gasteiger charge is 2.13. The number of nitrogens with one attached hydrogen (secondary N) is 1. The zero-order chi connectivity index (χ0) is 22.8. The van der Waals surface area contributed by atoms with E-state index in [4.69, 9.17) is 17.5 Å². The van der Waals surface area contributed by atoms with Crippen LogP contribution in [-0.4, -0.2) is 20.7 Å². The van der Waals surface area contributed by atoms with Gasteiger partial charge in [-0.25, -0.2) is 4.79 Å². The van der Waals surface area contributed by atoms with Gasteiger partial charge >= 0.3 is 5.69 Å². The Hall–Kier alpha value is -2.63. The summed E-state index contributed by atoms with van der Waals surface area (Å²) < 4.78 is 3.36. The average Bonchev–Trinajstić information content (AvgIpc) is 2.78. The minimum absolute atomic E-state index is 0.0627. The number of allylic oxidation sites excluding steroid dienone is 1. The minimum Gasteiger partial charge on any atom is -0.347 e. The monoisotopic (exact) mass is 444 g/mol. The third kappa shape index (κ3) is 6.18. The van der Waals surface area contributed by atoms with Crippen molar-refractivity contribution in [3.05, 3.63) is 67.3 Å². The van der Waals surface area contributed by atoms with Crippen molar-refractivity contribution in [2.24, 2.45) is 14.1 Å². The summed E-state index contributed by atoms with van der Waals surface area (Å²) in [5, 5.41) is 13.1. The third-order valence-corrected chi connectivity index (χ3v) is 5.73. The minimum atomic E-state index is -0.186. The predicted octanol–water partition coefficient (Wildman–Crippen LogP) is 4.94. The molecule has 1 N–H and O–H groups in total. The van der Waals surface area contributed by atoms with Gasteiger partial charge < -0.3 is 5.32 Å². The maximum Gasteiger partial charge on any atom is 0.328 e. The predicted molar refractivity (Wildman–Crippen MR) is 128 cm³/mol. The zero-order valence-electron chi connectivity index (χ0n) is 18.3. The van der Waals surface area contributed by atoms with Crippen LogP contribution in [0.1, 0.15) is 48.8 Å². The Bertz CT molecular complexity index is 1090. The molecule has 0 saturated carbocycles. The standard InChI is InChI=1S/C20H22N4O2S2.C2H6/c1-5-7-17(22-18-13(2)23(3)20(26)24(4)19(18)27)28-12-16(25)15-9-6-8-14(10-15)11-21;1-2/h6-10,22H,5,12H2,1-4H3;1-2H3/b17-7-;. The summed E-state index contributed by atoms with van der Waals surface area (Å²) in [7, 11) is 3.33. The summed E-state index contributed by atoms with van der Waals surface area (Å²) >= 11 is 6.79. The van der Waals surface area contributed by atoms with Crippen LogP contribution in [0, 0.1) is 22.9 Å². The SMILES string of the molecule is CC.CC/C=C(/Nc1c(C)n(C)c(=O)n(C)c1=S)SCC(=O)c1cccc(C#N)c1. The number of carbonyl (C=O) groups excluding carboxylic acids is 1. The third-order valence-electron chi connectivity index (χ3n) is 4.27. The van der Waals surface area contributed by atoms with Crippen molar-refractivity contribution >= 4 is 35.5 Å². The first kappa shape index (κ1) is 25.4. The summed E-state index contributed by atoms with van der Waals surface area (Å²) in [6.45, 7) is 7.83. The van der Waals surface area contributed by atoms with E-state index in [1.807, 2.05) is 39.8 Å². The molecule has 0 spiro atoms. The van der Waals surface area contributed by atoms with Gasteiger partial charge in [0.2, 0.25) is 0 Å². The van der Waals surface area contributed by atoms with Gasteiger partial charge in [-0.05, 0) is 25.5 Å². The fourth-order valence-corrected chi connectivity index (χ4v) is 3.72. The molecule has 0 bridgehead atoms. The average molecular weight is 445 g/mol. The molecule has 30 heavy (non-hydrogen) atoms. The lowest BCUT2D eigenvalue weighted by Gasteiger charge is -2.17. The number of carbonyl (C=O) groups is 1. The number of Topliss-reactive ketones (excluding diaryl/α,β-unsaturated/α-hetero) is 1. The second-order valence-corrected chi connectivity index (χ2v) is 7.58. The van der Waals surface area contributed by atoms with Crippen LogP contribution >= 0.6 is 24.0 Å². The Morgan fingerprint density at radius 2 is 1.97 bits per heavy atom. The number of ketones is 1. The second-order valence-electron chi connectivity index (χ2n) is 6.17. The molecule has 0 amide bonds. The maximum atomic E-state index is 12.5. The highest BCUT2D eigenvalue weighted by molar-refractivity contribution is 8.03. The molecule has 160 valence electrons. The molecule has 8 heteroatoms. The first-order valence-corrected chi connectivity index (χ1v) is 11.1. The van der Waals surface area contributed by atoms with Crippen LogP contribution in [-0.2, 0) is 14.1 Å². The molecule has 1 aromatic heterocycles. The molecule has 0 radical (unpaired) electrons. The van der Waals surface area contributed by atoms with Crippen molar-refractivity contribution in [3.63, 3.8) is 0 Å². The summed E-state index contributed by atoms with van der Waals surface area (Å²) in [6, 6.07) is 8.72. The van der Waals surface area contributed by atoms with Gasteiger partial charge in [0.1, 0.15) is 4.64 Å². The van der Waals surface area contributed by atoms with Gasteiger partial charge in [0, 0.05) is 25.4 Å². The molecule has 0 aliphatic heterocycles. The molecule has 1 aromatic carbocycles. The number of nitriles is 1. The van der Waals surface area contributed by atoms with Gasteiger partial charge in [-0.2, -0.15) is 5.26 Å². The van der Waals surface area contributed by atoms with E-state index < -0.39 is 0 Å². The van der Waals surface area contributed by atoms with Gasteiger partial charge in [-0.15, -0.1) is 11.8 Å². The summed E-state index contributed by atoms with van der Waals surface area (Å²) in [6.07, 6.45) is 2.75. The molecule has 2 rings (SSSR count). The molecule has 2 aromatic rings. The first-order valence-electron chi connectivity index (χ1n) is 9.70. The van der Waals surface area contributed by atoms with E-state index in [9.17, 15) is 9.59 Å². The van der Waals surface area contributed by atoms with Crippen molar-refractivity contribution in [1.82, 2.24) is 9.13 Å². The molecule has 6 nitrogen and oxygen atoms in total. The van der Waals surface area contributed by atoms with Crippen LogP contribution in [0.5, 0.6) is 0 Å². The number of aromatic nitrogens is 2. The van der Waals surface area contributed by atoms with Gasteiger partial charge in [0.15, 0.2) is 5.78 Å². The van der Waals surface area contributed by atoms with Gasteiger partial charge in [-0.3, -0.25) is 13.9 Å². The van der Waals surface area contributed by atoms with Crippen LogP contribution in [0.2, 0.25) is 0 Å². The first-order chi connectivity index (χ1) is 14.3. The summed E-state index contributed by atoms with van der Waals surface area (Å²) in [5.74, 6) is 0.157. The van der Waals surface area contributed by atoms with Crippen LogP contribution < -0.4 is 11.0 Å². The number of nitrogens with zero attached hydrogens (tertiary/aromatic N) is 3. The molecule has 0 saturated heterocycles. The Morgan fingerprint density at radius 3 is 2.57 bits per heavy atom. The molecule has 0 unspecified atom stereocenters. The lowest BCUT2D eigenvalue weighted by molar-refractivity contribution is 0.102. The number of anilines is 1. The van der Waals surface area contributed by atoms with Crippen LogP contribution in [0.15, 0.2) is 40.2 Å². The molecular weight excluding hydrogens is 416 g/mol. The second kappa shape index (κ2) is 12.2. The number of thioether (sulfide) groups is 1. The number of hydrogen-bond acceptors (Lipinski definition) is 6. The Balaban J connectivity index is 0.00000218. The van der Waals surface area contributed by atoms with E-state index in [2.05, 4.69) is 5.32 Å². The Labute approximate surface area is 187 Å². The quantitative estimate of drug-likeness (QED) is 0.481. The van der Waals surface area contributed by atoms with E-state index in [0.717, 1.165) is 17.1 Å². The summed E-state index contributed by atoms with van der Waals surface area (Å²) in [5.41, 5.74) is 2.18. The molecule has 0 aliphatic carbocycles. The van der Waals surface area contributed by atoms with E-state index in [1.54, 1.807) is 38.4 Å². The number of benzene rings is 1. The number of rotatable bonds is 7. The fraction of sp³-hybridized carbons (Fsp3) is 0.364. The molecule has 0 atom stereocenters. The maximum absolute atomic E-state index is 12.5. The molecule has 1 heterocycles. The lowest BCUT2D eigenvalue weighted by Crippen LogP contribution is -2.30. The number of hydrogen-bond donors (Lipinski definition) is 1. The van der Waals surface area contributed by atoms with E-state index >= 15 is 0 Å². The largest absolute Gasteiger partial charge is 0.347 e. The van der Waals surface area contributed by atoms with Crippen molar-refractivity contribution in [2.75, 3.05) is 11.1 Å². The lowest BCUT2D eigenvalue weighted by atomic mass is 10.1. The van der Waals surface area contributed by atoms with Gasteiger partial charge in [0.25, 0.3) is 0 Å². The van der Waals surface area contributed by atoms with Crippen molar-refractivity contribution in [2.45, 2.75) is 34.1 Å². The molecular formula is C22H28N4O2S2. The molecule has 0 fully saturated rings. The van der Waals surface area contributed by atoms with Crippen LogP contribution in [0.25, 0.3) is 0 Å². The van der Waals surface area contributed by atoms with Crippen molar-refractivity contribution < 1.29 is 4.79 Å². The van der Waals surface area contributed by atoms with Crippen LogP contribution in [0.3, 0.4) is 0 Å². The van der Waals surface area contributed by atoms with Crippen LogP contribution in [0.4, 0.5) is 5.69 Å². The Morgan fingerprint density at radius 1 is 1.30 bits per heavy atom. The Kier molecular flexibility index (Phi) is 10.3. The van der Waals surface area contributed by atoms with E-state index in [-0.39, 0.29) is 17.2 Å². The zero-order valence-corrected chi connectivity index (χ0v) is 19.9. The van der Waals surface area contributed by atoms with Gasteiger partial charge in [0.05, 0.1) is 28.1 Å². The van der Waals surface area contributed by atoms with E-state index in [1.165, 1.54) is 20.9 Å². The normalized spacial score (nSPS) is 10.6. The smallest absolute Gasteiger partial charge is 0.328 e. The van der Waals surface area contributed by atoms with Crippen molar-refractivity contribution in [1.29, 1.82) is 5.26 Å². The topological polar surface area (TPSA) is 79.8 Å². The van der Waals surface area contributed by atoms with Gasteiger partial charge in [-0.1, -0.05) is 51.2 Å². The highest BCUT2D eigenvalue weighted by atomic mass is 32.2. The highest BCUT2D eigenvalue weighted by Crippen LogP contribution is 2.24. The fourth-order valence-electron chi connectivity index (χ4n) is 2.53. The van der Waals surface area contributed by atoms with Crippen molar-refractivity contribution in [3.8, 4) is 6.07 Å². The molecule has 0 aliphatic rings.